The molecule has 0 unspecified atom stereocenters. The number of aromatic hydroxyl groups is 1. The van der Waals surface area contributed by atoms with Crippen LogP contribution in [0.2, 0.25) is 0 Å². The first-order valence-corrected chi connectivity index (χ1v) is 9.25. The van der Waals surface area contributed by atoms with Gasteiger partial charge in [0.15, 0.2) is 0 Å². The average Bonchev–Trinajstić information content (AvgIpc) is 3.22. The van der Waals surface area contributed by atoms with E-state index in [1.807, 2.05) is 0 Å². The predicted octanol–water partition coefficient (Wildman–Crippen LogP) is 4.77. The molecule has 0 aliphatic heterocycles. The number of ether oxygens (including phenoxy) is 1. The Hall–Kier alpha value is -3.70. The third kappa shape index (κ3) is 4.07. The van der Waals surface area contributed by atoms with E-state index >= 15 is 0 Å². The van der Waals surface area contributed by atoms with Crippen molar-refractivity contribution in [3.8, 4) is 28.6 Å². The predicted molar refractivity (Wildman–Crippen MR) is 104 cm³/mol. The Morgan fingerprint density at radius 2 is 1.88 bits per heavy atom. The van der Waals surface area contributed by atoms with Crippen molar-refractivity contribution in [2.24, 2.45) is 0 Å². The molecule has 4 aromatic heterocycles. The third-order valence-corrected chi connectivity index (χ3v) is 4.78. The fourth-order valence-electron chi connectivity index (χ4n) is 3.52. The van der Waals surface area contributed by atoms with Crippen molar-refractivity contribution >= 4 is 10.9 Å². The molecule has 4 rings (SSSR count). The highest BCUT2D eigenvalue weighted by Crippen LogP contribution is 2.37. The lowest BCUT2D eigenvalue weighted by molar-refractivity contribution is -0.142. The van der Waals surface area contributed by atoms with E-state index < -0.39 is 19.3 Å². The SMILES string of the molecule is Cc1cc(-c2cncc(OC(F)F)c2)nc2c(C)n(-c3cnn(CC(F)(F)F)c3)c(O)c12. The summed E-state index contributed by atoms with van der Waals surface area (Å²) < 4.78 is 69.4. The maximum absolute atomic E-state index is 12.7. The first-order valence-electron chi connectivity index (χ1n) is 9.25. The van der Waals surface area contributed by atoms with Crippen LogP contribution in [0.1, 0.15) is 11.3 Å². The Morgan fingerprint density at radius 3 is 2.56 bits per heavy atom. The molecule has 0 aliphatic carbocycles. The van der Waals surface area contributed by atoms with Gasteiger partial charge in [0.05, 0.1) is 34.7 Å². The number of aromatic nitrogens is 5. The molecule has 0 amide bonds. The molecule has 4 aromatic rings. The summed E-state index contributed by atoms with van der Waals surface area (Å²) in [5, 5.41) is 14.9. The average molecular weight is 453 g/mol. The Morgan fingerprint density at radius 1 is 1.12 bits per heavy atom. The Kier molecular flexibility index (Phi) is 5.23. The van der Waals surface area contributed by atoms with Crippen molar-refractivity contribution in [3.05, 3.63) is 48.2 Å². The minimum atomic E-state index is -4.44. The van der Waals surface area contributed by atoms with Gasteiger partial charge in [0, 0.05) is 23.7 Å². The number of fused-ring (bicyclic) bond motifs is 1. The molecular weight excluding hydrogens is 437 g/mol. The molecule has 0 atom stereocenters. The van der Waals surface area contributed by atoms with Crippen molar-refractivity contribution in [2.45, 2.75) is 33.2 Å². The van der Waals surface area contributed by atoms with Gasteiger partial charge in [-0.1, -0.05) is 0 Å². The number of alkyl halides is 5. The fourth-order valence-corrected chi connectivity index (χ4v) is 3.52. The normalized spacial score (nSPS) is 12.1. The van der Waals surface area contributed by atoms with E-state index in [1.54, 1.807) is 19.9 Å². The second-order valence-electron chi connectivity index (χ2n) is 7.09. The Labute approximate surface area is 177 Å². The van der Waals surface area contributed by atoms with Crippen LogP contribution in [-0.4, -0.2) is 42.2 Å². The van der Waals surface area contributed by atoms with Gasteiger partial charge in [-0.25, -0.2) is 4.98 Å². The summed E-state index contributed by atoms with van der Waals surface area (Å²) in [5.74, 6) is -0.334. The van der Waals surface area contributed by atoms with Crippen LogP contribution in [-0.2, 0) is 6.54 Å². The van der Waals surface area contributed by atoms with Crippen molar-refractivity contribution in [3.63, 3.8) is 0 Å². The lowest BCUT2D eigenvalue weighted by Crippen LogP contribution is -2.17. The Balaban J connectivity index is 1.80. The number of pyridine rings is 2. The van der Waals surface area contributed by atoms with Gasteiger partial charge in [0.25, 0.3) is 0 Å². The topological polar surface area (TPSA) is 78.0 Å². The van der Waals surface area contributed by atoms with Crippen LogP contribution in [0, 0.1) is 13.8 Å². The molecule has 4 heterocycles. The first kappa shape index (κ1) is 21.5. The summed E-state index contributed by atoms with van der Waals surface area (Å²) in [6, 6.07) is 3.00. The van der Waals surface area contributed by atoms with Crippen LogP contribution in [0.3, 0.4) is 0 Å². The van der Waals surface area contributed by atoms with E-state index in [0.717, 1.165) is 10.9 Å². The number of rotatable bonds is 5. The molecule has 0 aromatic carbocycles. The molecule has 0 spiro atoms. The molecule has 0 fully saturated rings. The maximum Gasteiger partial charge on any atom is 0.408 e. The van der Waals surface area contributed by atoms with Gasteiger partial charge in [-0.2, -0.15) is 27.1 Å². The van der Waals surface area contributed by atoms with E-state index in [9.17, 15) is 27.1 Å². The number of aryl methyl sites for hydroxylation is 2. The van der Waals surface area contributed by atoms with E-state index in [4.69, 9.17) is 0 Å². The summed E-state index contributed by atoms with van der Waals surface area (Å²) in [5.41, 5.74) is 2.51. The molecule has 0 radical (unpaired) electrons. The lowest BCUT2D eigenvalue weighted by atomic mass is 10.1. The van der Waals surface area contributed by atoms with Crippen molar-refractivity contribution < 1.29 is 31.8 Å². The quantitative estimate of drug-likeness (QED) is 0.441. The second-order valence-corrected chi connectivity index (χ2v) is 7.09. The van der Waals surface area contributed by atoms with Crippen molar-refractivity contribution in [2.75, 3.05) is 0 Å². The number of halogens is 5. The summed E-state index contributed by atoms with van der Waals surface area (Å²) in [6.45, 7) is -0.903. The summed E-state index contributed by atoms with van der Waals surface area (Å²) >= 11 is 0. The number of hydrogen-bond donors (Lipinski definition) is 1. The van der Waals surface area contributed by atoms with E-state index in [1.165, 1.54) is 29.2 Å². The number of nitrogens with zero attached hydrogens (tertiary/aromatic N) is 5. The zero-order valence-electron chi connectivity index (χ0n) is 16.7. The van der Waals surface area contributed by atoms with Gasteiger partial charge in [0.1, 0.15) is 12.3 Å². The molecule has 32 heavy (non-hydrogen) atoms. The zero-order valence-corrected chi connectivity index (χ0v) is 16.7. The largest absolute Gasteiger partial charge is 0.494 e. The van der Waals surface area contributed by atoms with Crippen LogP contribution in [0.15, 0.2) is 36.9 Å². The van der Waals surface area contributed by atoms with Crippen molar-refractivity contribution in [1.82, 2.24) is 24.3 Å². The third-order valence-electron chi connectivity index (χ3n) is 4.78. The smallest absolute Gasteiger partial charge is 0.408 e. The maximum atomic E-state index is 12.7. The van der Waals surface area contributed by atoms with Gasteiger partial charge in [0.2, 0.25) is 5.88 Å². The molecule has 7 nitrogen and oxygen atoms in total. The van der Waals surface area contributed by atoms with Crippen LogP contribution in [0.25, 0.3) is 27.8 Å². The molecular formula is C20H16F5N5O2. The van der Waals surface area contributed by atoms with Crippen molar-refractivity contribution in [1.29, 1.82) is 0 Å². The molecule has 12 heteroatoms. The molecule has 168 valence electrons. The number of hydrogen-bond acceptors (Lipinski definition) is 5. The molecule has 0 saturated heterocycles. The van der Waals surface area contributed by atoms with Gasteiger partial charge >= 0.3 is 12.8 Å². The standard InChI is InChI=1S/C20H16F5N5O2/c1-10-3-15(12-4-14(7-26-5-12)32-19(21)22)28-17-11(2)30(18(31)16(10)17)13-6-27-29(8-13)9-20(23,24)25/h3-8,19,31H,9H2,1-2H3. The van der Waals surface area contributed by atoms with Gasteiger partial charge < -0.3 is 9.84 Å². The molecule has 0 aliphatic rings. The van der Waals surface area contributed by atoms with E-state index in [2.05, 4.69) is 19.8 Å². The summed E-state index contributed by atoms with van der Waals surface area (Å²) in [6.07, 6.45) is 0.519. The molecule has 0 bridgehead atoms. The van der Waals surface area contributed by atoms with Crippen LogP contribution < -0.4 is 4.74 Å². The van der Waals surface area contributed by atoms with E-state index in [0.29, 0.717) is 33.4 Å². The van der Waals surface area contributed by atoms with E-state index in [-0.39, 0.29) is 17.3 Å². The van der Waals surface area contributed by atoms with Crippen LogP contribution in [0.4, 0.5) is 22.0 Å². The minimum Gasteiger partial charge on any atom is -0.494 e. The van der Waals surface area contributed by atoms with Gasteiger partial charge in [-0.15, -0.1) is 0 Å². The highest BCUT2D eigenvalue weighted by molar-refractivity contribution is 5.93. The van der Waals surface area contributed by atoms with Crippen LogP contribution in [0.5, 0.6) is 11.6 Å². The monoisotopic (exact) mass is 453 g/mol. The highest BCUT2D eigenvalue weighted by atomic mass is 19.4. The van der Waals surface area contributed by atoms with Gasteiger partial charge in [-0.05, 0) is 31.5 Å². The molecule has 0 saturated carbocycles. The zero-order chi connectivity index (χ0) is 23.2. The molecule has 1 N–H and O–H groups in total. The Bertz CT molecular complexity index is 1300. The second kappa shape index (κ2) is 7.77. The highest BCUT2D eigenvalue weighted by Gasteiger charge is 2.29. The minimum absolute atomic E-state index is 0.133. The first-order chi connectivity index (χ1) is 15.0. The summed E-state index contributed by atoms with van der Waals surface area (Å²) in [7, 11) is 0. The fraction of sp³-hybridized carbons (Fsp3) is 0.250. The lowest BCUT2D eigenvalue weighted by Gasteiger charge is -2.07. The van der Waals surface area contributed by atoms with Crippen LogP contribution >= 0.6 is 0 Å². The summed E-state index contributed by atoms with van der Waals surface area (Å²) in [4.78, 5) is 8.42. The van der Waals surface area contributed by atoms with Gasteiger partial charge in [-0.3, -0.25) is 14.2 Å².